The van der Waals surface area contributed by atoms with Crippen molar-refractivity contribution in [1.82, 2.24) is 14.9 Å². The average Bonchev–Trinajstić information content (AvgIpc) is 2.79. The fraction of sp³-hybridized carbons (Fsp3) is 0.391. The van der Waals surface area contributed by atoms with Gasteiger partial charge in [0.2, 0.25) is 15.9 Å². The highest BCUT2D eigenvalue weighted by molar-refractivity contribution is 7.89. The second-order valence-electron chi connectivity index (χ2n) is 7.85. The average molecular weight is 462 g/mol. The molecule has 1 aliphatic rings. The first-order valence-corrected chi connectivity index (χ1v) is 12.1. The van der Waals surface area contributed by atoms with Crippen LogP contribution in [0.2, 0.25) is 0 Å². The van der Waals surface area contributed by atoms with E-state index in [1.807, 2.05) is 0 Å². The number of nitrogens with zero attached hydrogens (tertiary/aromatic N) is 1. The Balaban J connectivity index is 1.54. The van der Waals surface area contributed by atoms with Crippen molar-refractivity contribution >= 4 is 21.8 Å². The number of benzene rings is 2. The van der Waals surface area contributed by atoms with Crippen LogP contribution in [-0.2, 0) is 21.2 Å². The quantitative estimate of drug-likeness (QED) is 0.590. The number of rotatable bonds is 8. The molecule has 1 saturated heterocycles. The minimum Gasteiger partial charge on any atom is -0.354 e. The number of carbonyl (C=O) groups is 2. The van der Waals surface area contributed by atoms with Crippen LogP contribution >= 0.6 is 0 Å². The molecule has 3 rings (SSSR count). The van der Waals surface area contributed by atoms with Crippen LogP contribution in [0.15, 0.2) is 47.4 Å². The van der Waals surface area contributed by atoms with Crippen molar-refractivity contribution in [2.45, 2.75) is 37.5 Å². The number of hydrogen-bond donors (Lipinski definition) is 2. The third-order valence-electron chi connectivity index (χ3n) is 5.42. The summed E-state index contributed by atoms with van der Waals surface area (Å²) >= 11 is 0. The molecule has 1 aliphatic heterocycles. The van der Waals surface area contributed by atoms with Gasteiger partial charge in [-0.1, -0.05) is 24.6 Å². The maximum Gasteiger partial charge on any atom is 0.251 e. The summed E-state index contributed by atoms with van der Waals surface area (Å²) in [5.41, 5.74) is 1.65. The van der Waals surface area contributed by atoms with E-state index in [-0.39, 0.29) is 36.1 Å². The van der Waals surface area contributed by atoms with Crippen LogP contribution in [0.1, 0.15) is 40.7 Å². The normalized spacial score (nSPS) is 14.7. The van der Waals surface area contributed by atoms with Gasteiger partial charge in [0.15, 0.2) is 0 Å². The second-order valence-corrected chi connectivity index (χ2v) is 9.79. The van der Waals surface area contributed by atoms with Gasteiger partial charge in [-0.05, 0) is 55.2 Å². The van der Waals surface area contributed by atoms with Crippen molar-refractivity contribution in [3.05, 3.63) is 65.0 Å². The van der Waals surface area contributed by atoms with E-state index < -0.39 is 15.9 Å². The minimum atomic E-state index is -3.63. The molecule has 0 aliphatic carbocycles. The first-order valence-electron chi connectivity index (χ1n) is 10.7. The minimum absolute atomic E-state index is 0.114. The molecule has 2 aromatic carbocycles. The number of piperidine rings is 1. The number of amides is 2. The molecular weight excluding hydrogens is 433 g/mol. The predicted octanol–water partition coefficient (Wildman–Crippen LogP) is 2.40. The van der Waals surface area contributed by atoms with Gasteiger partial charge in [0.25, 0.3) is 5.91 Å². The lowest BCUT2D eigenvalue weighted by molar-refractivity contribution is -0.120. The van der Waals surface area contributed by atoms with E-state index in [9.17, 15) is 22.4 Å². The van der Waals surface area contributed by atoms with Crippen LogP contribution in [-0.4, -0.2) is 50.7 Å². The lowest BCUT2D eigenvalue weighted by Crippen LogP contribution is -2.36. The van der Waals surface area contributed by atoms with Crippen molar-refractivity contribution < 1.29 is 22.4 Å². The summed E-state index contributed by atoms with van der Waals surface area (Å²) in [6.45, 7) is 3.15. The fourth-order valence-electron chi connectivity index (χ4n) is 3.58. The molecule has 2 aromatic rings. The monoisotopic (exact) mass is 461 g/mol. The van der Waals surface area contributed by atoms with Crippen LogP contribution < -0.4 is 10.6 Å². The van der Waals surface area contributed by atoms with E-state index in [0.29, 0.717) is 29.8 Å². The van der Waals surface area contributed by atoms with Crippen molar-refractivity contribution in [3.8, 4) is 0 Å². The van der Waals surface area contributed by atoms with Gasteiger partial charge in [-0.25, -0.2) is 12.8 Å². The molecule has 0 bridgehead atoms. The highest BCUT2D eigenvalue weighted by Crippen LogP contribution is 2.22. The smallest absolute Gasteiger partial charge is 0.251 e. The standard InChI is InChI=1S/C23H28FN3O4S/c1-17-5-10-20(32(30,31)27-13-3-2-4-14-27)16-21(17)23(29)26-12-11-25-22(28)15-18-6-8-19(24)9-7-18/h5-10,16H,2-4,11-15H2,1H3,(H,25,28)(H,26,29). The Kier molecular flexibility index (Phi) is 7.98. The molecule has 2 N–H and O–H groups in total. The molecule has 0 unspecified atom stereocenters. The molecule has 0 atom stereocenters. The fourth-order valence-corrected chi connectivity index (χ4v) is 5.13. The molecule has 1 fully saturated rings. The molecule has 0 spiro atoms. The third kappa shape index (κ3) is 6.14. The Bertz CT molecular complexity index is 1070. The number of hydrogen-bond acceptors (Lipinski definition) is 4. The van der Waals surface area contributed by atoms with Gasteiger partial charge in [0.05, 0.1) is 11.3 Å². The highest BCUT2D eigenvalue weighted by atomic mass is 32.2. The van der Waals surface area contributed by atoms with Crippen molar-refractivity contribution in [1.29, 1.82) is 0 Å². The molecule has 0 aromatic heterocycles. The first-order chi connectivity index (χ1) is 15.3. The molecule has 7 nitrogen and oxygen atoms in total. The number of aryl methyl sites for hydroxylation is 1. The van der Waals surface area contributed by atoms with E-state index >= 15 is 0 Å². The van der Waals surface area contributed by atoms with Crippen molar-refractivity contribution in [3.63, 3.8) is 0 Å². The van der Waals surface area contributed by atoms with Crippen LogP contribution in [0.25, 0.3) is 0 Å². The molecule has 172 valence electrons. The highest BCUT2D eigenvalue weighted by Gasteiger charge is 2.27. The summed E-state index contributed by atoms with van der Waals surface area (Å²) in [7, 11) is -3.63. The van der Waals surface area contributed by atoms with E-state index in [4.69, 9.17) is 0 Å². The lowest BCUT2D eigenvalue weighted by Gasteiger charge is -2.26. The predicted molar refractivity (Wildman–Crippen MR) is 119 cm³/mol. The Hall–Kier alpha value is -2.78. The van der Waals surface area contributed by atoms with Gasteiger partial charge >= 0.3 is 0 Å². The topological polar surface area (TPSA) is 95.6 Å². The zero-order chi connectivity index (χ0) is 23.1. The number of nitrogens with one attached hydrogen (secondary N) is 2. The second kappa shape index (κ2) is 10.7. The van der Waals surface area contributed by atoms with Crippen molar-refractivity contribution in [2.75, 3.05) is 26.2 Å². The Labute approximate surface area is 188 Å². The van der Waals surface area contributed by atoms with Crippen LogP contribution in [0.4, 0.5) is 4.39 Å². The zero-order valence-electron chi connectivity index (χ0n) is 18.1. The molecule has 0 saturated carbocycles. The van der Waals surface area contributed by atoms with E-state index in [0.717, 1.165) is 19.3 Å². The summed E-state index contributed by atoms with van der Waals surface area (Å²) in [5.74, 6) is -0.998. The van der Waals surface area contributed by atoms with Crippen molar-refractivity contribution in [2.24, 2.45) is 0 Å². The molecular formula is C23H28FN3O4S. The van der Waals surface area contributed by atoms with Gasteiger partial charge in [0.1, 0.15) is 5.82 Å². The maximum absolute atomic E-state index is 12.9. The maximum atomic E-state index is 12.9. The van der Waals surface area contributed by atoms with E-state index in [2.05, 4.69) is 10.6 Å². The SMILES string of the molecule is Cc1ccc(S(=O)(=O)N2CCCCC2)cc1C(=O)NCCNC(=O)Cc1ccc(F)cc1. The Morgan fingerprint density at radius 2 is 1.62 bits per heavy atom. The summed E-state index contributed by atoms with van der Waals surface area (Å²) < 4.78 is 40.2. The van der Waals surface area contributed by atoms with Gasteiger partial charge in [-0.3, -0.25) is 9.59 Å². The summed E-state index contributed by atoms with van der Waals surface area (Å²) in [6, 6.07) is 10.3. The first kappa shape index (κ1) is 23.9. The van der Waals surface area contributed by atoms with Gasteiger partial charge in [-0.2, -0.15) is 4.31 Å². The summed E-state index contributed by atoms with van der Waals surface area (Å²) in [6.07, 6.45) is 2.81. The largest absolute Gasteiger partial charge is 0.354 e. The molecule has 0 radical (unpaired) electrons. The number of carbonyl (C=O) groups excluding carboxylic acids is 2. The molecule has 1 heterocycles. The van der Waals surface area contributed by atoms with Crippen LogP contribution in [0.5, 0.6) is 0 Å². The molecule has 2 amide bonds. The Morgan fingerprint density at radius 3 is 2.31 bits per heavy atom. The van der Waals surface area contributed by atoms with Gasteiger partial charge in [0, 0.05) is 31.7 Å². The van der Waals surface area contributed by atoms with E-state index in [1.54, 1.807) is 25.1 Å². The van der Waals surface area contributed by atoms with E-state index in [1.165, 1.54) is 28.6 Å². The number of halogens is 1. The number of sulfonamides is 1. The zero-order valence-corrected chi connectivity index (χ0v) is 18.9. The van der Waals surface area contributed by atoms with Crippen LogP contribution in [0, 0.1) is 12.7 Å². The van der Waals surface area contributed by atoms with Gasteiger partial charge in [-0.15, -0.1) is 0 Å². The van der Waals surface area contributed by atoms with Crippen LogP contribution in [0.3, 0.4) is 0 Å². The lowest BCUT2D eigenvalue weighted by atomic mass is 10.1. The molecule has 32 heavy (non-hydrogen) atoms. The summed E-state index contributed by atoms with van der Waals surface area (Å²) in [5, 5.41) is 5.41. The van der Waals surface area contributed by atoms with Gasteiger partial charge < -0.3 is 10.6 Å². The Morgan fingerprint density at radius 1 is 0.969 bits per heavy atom. The summed E-state index contributed by atoms with van der Waals surface area (Å²) in [4.78, 5) is 24.7. The molecule has 9 heteroatoms. The third-order valence-corrected chi connectivity index (χ3v) is 7.31.